The first-order valence-electron chi connectivity index (χ1n) is 5.16. The number of nitrogens with two attached hydrogens (primary N) is 1. The molecule has 0 bridgehead atoms. The van der Waals surface area contributed by atoms with Crippen LogP contribution in [0.3, 0.4) is 0 Å². The summed E-state index contributed by atoms with van der Waals surface area (Å²) < 4.78 is 39.0. The lowest BCUT2D eigenvalue weighted by molar-refractivity contribution is 0.315. The van der Waals surface area contributed by atoms with E-state index in [1.807, 2.05) is 0 Å². The summed E-state index contributed by atoms with van der Waals surface area (Å²) in [5, 5.41) is 11.3. The highest BCUT2D eigenvalue weighted by molar-refractivity contribution is 7.89. The van der Waals surface area contributed by atoms with Crippen molar-refractivity contribution in [2.24, 2.45) is 10.9 Å². The number of oxime groups is 1. The van der Waals surface area contributed by atoms with E-state index in [-0.39, 0.29) is 10.7 Å². The Morgan fingerprint density at radius 2 is 2.28 bits per heavy atom. The first-order chi connectivity index (χ1) is 8.40. The van der Waals surface area contributed by atoms with E-state index in [2.05, 4.69) is 9.88 Å². The summed E-state index contributed by atoms with van der Waals surface area (Å²) in [5.74, 6) is -0.910. The average molecular weight is 275 g/mol. The smallest absolute Gasteiger partial charge is 0.241 e. The van der Waals surface area contributed by atoms with Gasteiger partial charge < -0.3 is 10.9 Å². The van der Waals surface area contributed by atoms with E-state index >= 15 is 0 Å². The van der Waals surface area contributed by atoms with Gasteiger partial charge in [-0.05, 0) is 24.6 Å². The molecule has 0 spiro atoms. The number of nitrogens with zero attached hydrogens (tertiary/aromatic N) is 1. The minimum absolute atomic E-state index is 0.216. The zero-order valence-corrected chi connectivity index (χ0v) is 10.5. The number of rotatable bonds is 5. The number of sulfonamides is 1. The Balaban J connectivity index is 3.01. The number of halogens is 1. The molecule has 0 radical (unpaired) electrons. The van der Waals surface area contributed by atoms with Crippen LogP contribution in [-0.4, -0.2) is 25.5 Å². The molecule has 18 heavy (non-hydrogen) atoms. The van der Waals surface area contributed by atoms with Gasteiger partial charge in [0.2, 0.25) is 10.0 Å². The van der Waals surface area contributed by atoms with E-state index in [4.69, 9.17) is 10.9 Å². The lowest BCUT2D eigenvalue weighted by Crippen LogP contribution is -2.44. The van der Waals surface area contributed by atoms with Crippen molar-refractivity contribution in [2.45, 2.75) is 24.3 Å². The first kappa shape index (κ1) is 14.4. The predicted octanol–water partition coefficient (Wildman–Crippen LogP) is 0.629. The second-order valence-corrected chi connectivity index (χ2v) is 5.28. The van der Waals surface area contributed by atoms with Crippen LogP contribution >= 0.6 is 0 Å². The van der Waals surface area contributed by atoms with Crippen LogP contribution in [0.25, 0.3) is 0 Å². The summed E-state index contributed by atoms with van der Waals surface area (Å²) in [6, 6.07) is 3.73. The second kappa shape index (κ2) is 5.78. The van der Waals surface area contributed by atoms with E-state index in [0.29, 0.717) is 6.42 Å². The van der Waals surface area contributed by atoms with Crippen molar-refractivity contribution in [3.8, 4) is 0 Å². The molecule has 1 rings (SSSR count). The Morgan fingerprint density at radius 3 is 2.78 bits per heavy atom. The molecular weight excluding hydrogens is 261 g/mol. The highest BCUT2D eigenvalue weighted by atomic mass is 32.2. The molecule has 0 aliphatic rings. The standard InChI is InChI=1S/C10H14FN3O3S/c1-2-9(10(12)13-15)14-18(16,17)8-5-3-4-7(11)6-8/h3-6,9,14-15H,2H2,1H3,(H2,12,13). The molecule has 0 fully saturated rings. The molecule has 1 unspecified atom stereocenters. The molecule has 1 atom stereocenters. The van der Waals surface area contributed by atoms with Gasteiger partial charge in [0.25, 0.3) is 0 Å². The largest absolute Gasteiger partial charge is 0.409 e. The minimum Gasteiger partial charge on any atom is -0.409 e. The topological polar surface area (TPSA) is 105 Å². The minimum atomic E-state index is -3.91. The van der Waals surface area contributed by atoms with Crippen molar-refractivity contribution in [1.82, 2.24) is 4.72 Å². The number of benzene rings is 1. The summed E-state index contributed by atoms with van der Waals surface area (Å²) in [4.78, 5) is -0.216. The molecule has 1 aromatic rings. The first-order valence-corrected chi connectivity index (χ1v) is 6.64. The molecule has 0 aliphatic heterocycles. The maximum absolute atomic E-state index is 13.0. The highest BCUT2D eigenvalue weighted by Gasteiger charge is 2.22. The van der Waals surface area contributed by atoms with Crippen molar-refractivity contribution in [1.29, 1.82) is 0 Å². The van der Waals surface area contributed by atoms with E-state index in [0.717, 1.165) is 12.1 Å². The van der Waals surface area contributed by atoms with Crippen LogP contribution in [0.4, 0.5) is 4.39 Å². The van der Waals surface area contributed by atoms with Gasteiger partial charge in [0, 0.05) is 0 Å². The van der Waals surface area contributed by atoms with E-state index in [9.17, 15) is 12.8 Å². The zero-order valence-electron chi connectivity index (χ0n) is 9.67. The van der Waals surface area contributed by atoms with E-state index in [1.54, 1.807) is 6.92 Å². The van der Waals surface area contributed by atoms with Gasteiger partial charge in [0.15, 0.2) is 5.84 Å². The molecule has 4 N–H and O–H groups in total. The third kappa shape index (κ3) is 3.41. The van der Waals surface area contributed by atoms with Gasteiger partial charge in [-0.15, -0.1) is 0 Å². The van der Waals surface area contributed by atoms with Crippen LogP contribution in [0.1, 0.15) is 13.3 Å². The molecule has 0 aliphatic carbocycles. The summed E-state index contributed by atoms with van der Waals surface area (Å²) >= 11 is 0. The van der Waals surface area contributed by atoms with Crippen LogP contribution < -0.4 is 10.5 Å². The SMILES string of the molecule is CCC(NS(=O)(=O)c1cccc(F)c1)/C(N)=N/O. The molecule has 0 heterocycles. The third-order valence-electron chi connectivity index (χ3n) is 2.28. The van der Waals surface area contributed by atoms with Crippen LogP contribution in [0.15, 0.2) is 34.3 Å². The van der Waals surface area contributed by atoms with Gasteiger partial charge in [0.1, 0.15) is 5.82 Å². The molecule has 6 nitrogen and oxygen atoms in total. The van der Waals surface area contributed by atoms with Gasteiger partial charge >= 0.3 is 0 Å². The monoisotopic (exact) mass is 275 g/mol. The molecular formula is C10H14FN3O3S. The molecule has 0 saturated carbocycles. The second-order valence-electron chi connectivity index (χ2n) is 3.56. The van der Waals surface area contributed by atoms with Crippen molar-refractivity contribution in [3.05, 3.63) is 30.1 Å². The number of nitrogens with one attached hydrogen (secondary N) is 1. The van der Waals surface area contributed by atoms with Crippen molar-refractivity contribution < 1.29 is 18.0 Å². The predicted molar refractivity (Wildman–Crippen MR) is 64.2 cm³/mol. The van der Waals surface area contributed by atoms with Gasteiger partial charge in [-0.1, -0.05) is 18.1 Å². The quantitative estimate of drug-likeness (QED) is 0.317. The number of hydrogen-bond donors (Lipinski definition) is 3. The summed E-state index contributed by atoms with van der Waals surface area (Å²) in [7, 11) is -3.91. The van der Waals surface area contributed by atoms with Gasteiger partial charge in [-0.2, -0.15) is 0 Å². The summed E-state index contributed by atoms with van der Waals surface area (Å²) in [6.45, 7) is 1.66. The maximum atomic E-state index is 13.0. The molecule has 0 aromatic heterocycles. The normalized spacial score (nSPS) is 14.4. The Hall–Kier alpha value is -1.67. The molecule has 100 valence electrons. The lowest BCUT2D eigenvalue weighted by Gasteiger charge is -2.15. The van der Waals surface area contributed by atoms with Crippen LogP contribution in [0.2, 0.25) is 0 Å². The lowest BCUT2D eigenvalue weighted by atomic mass is 10.2. The van der Waals surface area contributed by atoms with Gasteiger partial charge in [-0.3, -0.25) is 0 Å². The van der Waals surface area contributed by atoms with Crippen molar-refractivity contribution >= 4 is 15.9 Å². The van der Waals surface area contributed by atoms with Crippen LogP contribution in [0.5, 0.6) is 0 Å². The van der Waals surface area contributed by atoms with E-state index < -0.39 is 21.9 Å². The Bertz CT molecular complexity index is 545. The van der Waals surface area contributed by atoms with Crippen LogP contribution in [-0.2, 0) is 10.0 Å². The number of amidine groups is 1. The zero-order chi connectivity index (χ0) is 13.8. The molecule has 1 aromatic carbocycles. The maximum Gasteiger partial charge on any atom is 0.241 e. The summed E-state index contributed by atoms with van der Waals surface area (Å²) in [6.07, 6.45) is 0.296. The van der Waals surface area contributed by atoms with Crippen molar-refractivity contribution in [2.75, 3.05) is 0 Å². The summed E-state index contributed by atoms with van der Waals surface area (Å²) in [5.41, 5.74) is 5.34. The fourth-order valence-corrected chi connectivity index (χ4v) is 2.64. The highest BCUT2D eigenvalue weighted by Crippen LogP contribution is 2.11. The molecule has 0 saturated heterocycles. The molecule has 8 heteroatoms. The molecule has 0 amide bonds. The Kier molecular flexibility index (Phi) is 4.62. The van der Waals surface area contributed by atoms with Crippen molar-refractivity contribution in [3.63, 3.8) is 0 Å². The number of hydrogen-bond acceptors (Lipinski definition) is 4. The van der Waals surface area contributed by atoms with Gasteiger partial charge in [0.05, 0.1) is 10.9 Å². The Morgan fingerprint density at radius 1 is 1.61 bits per heavy atom. The van der Waals surface area contributed by atoms with E-state index in [1.165, 1.54) is 12.1 Å². The fraction of sp³-hybridized carbons (Fsp3) is 0.300. The van der Waals surface area contributed by atoms with Crippen LogP contribution in [0, 0.1) is 5.82 Å². The average Bonchev–Trinajstić information content (AvgIpc) is 2.35. The third-order valence-corrected chi connectivity index (χ3v) is 3.75. The fourth-order valence-electron chi connectivity index (χ4n) is 1.31. The van der Waals surface area contributed by atoms with Gasteiger partial charge in [-0.25, -0.2) is 17.5 Å². The Labute approximate surface area is 104 Å².